The Balaban J connectivity index is 2.11. The zero-order valence-electron chi connectivity index (χ0n) is 9.88. The molecule has 0 atom stereocenters. The monoisotopic (exact) mass is 251 g/mol. The fourth-order valence-corrected chi connectivity index (χ4v) is 1.61. The van der Waals surface area contributed by atoms with E-state index < -0.39 is 5.97 Å². The molecule has 1 aromatic carbocycles. The molecule has 1 aliphatic heterocycles. The third-order valence-electron chi connectivity index (χ3n) is 2.44. The number of nitrogens with zero attached hydrogens (tertiary/aromatic N) is 1. The topological polar surface area (TPSA) is 77.4 Å². The molecule has 18 heavy (non-hydrogen) atoms. The van der Waals surface area contributed by atoms with Crippen molar-refractivity contribution < 1.29 is 24.2 Å². The van der Waals surface area contributed by atoms with Gasteiger partial charge in [0.25, 0.3) is 0 Å². The Bertz CT molecular complexity index is 483. The maximum Gasteiger partial charge on any atom is 0.356 e. The number of hydrogen-bond donors (Lipinski definition) is 1. The number of oxime groups is 1. The van der Waals surface area contributed by atoms with Crippen LogP contribution in [-0.4, -0.2) is 30.3 Å². The lowest BCUT2D eigenvalue weighted by Gasteiger charge is -2.05. The molecule has 0 amide bonds. The van der Waals surface area contributed by atoms with E-state index in [2.05, 4.69) is 5.16 Å². The van der Waals surface area contributed by atoms with Crippen molar-refractivity contribution >= 4 is 11.7 Å². The van der Waals surface area contributed by atoms with Gasteiger partial charge >= 0.3 is 5.97 Å². The summed E-state index contributed by atoms with van der Waals surface area (Å²) in [6.45, 7) is 2.12. The minimum Gasteiger partial charge on any atom is -0.461 e. The van der Waals surface area contributed by atoms with Crippen LogP contribution in [0.5, 0.6) is 11.5 Å². The van der Waals surface area contributed by atoms with Gasteiger partial charge in [0.05, 0.1) is 6.61 Å². The van der Waals surface area contributed by atoms with Gasteiger partial charge in [0.1, 0.15) is 0 Å². The van der Waals surface area contributed by atoms with Crippen LogP contribution >= 0.6 is 0 Å². The second-order valence-electron chi connectivity index (χ2n) is 3.63. The molecule has 6 heteroatoms. The molecule has 0 aliphatic carbocycles. The Kier molecular flexibility index (Phi) is 3.66. The fraction of sp³-hybridized carbons (Fsp3) is 0.333. The molecule has 0 unspecified atom stereocenters. The minimum atomic E-state index is -0.627. The number of fused-ring (bicyclic) bond motifs is 1. The predicted molar refractivity (Wildman–Crippen MR) is 62.1 cm³/mol. The van der Waals surface area contributed by atoms with Crippen molar-refractivity contribution in [3.63, 3.8) is 0 Å². The van der Waals surface area contributed by atoms with Gasteiger partial charge in [-0.1, -0.05) is 11.2 Å². The van der Waals surface area contributed by atoms with Crippen molar-refractivity contribution in [1.29, 1.82) is 0 Å². The molecule has 6 nitrogen and oxygen atoms in total. The van der Waals surface area contributed by atoms with E-state index in [1.165, 1.54) is 0 Å². The number of carbonyl (C=O) groups excluding carboxylic acids is 1. The molecule has 0 fully saturated rings. The fourth-order valence-electron chi connectivity index (χ4n) is 1.61. The maximum atomic E-state index is 11.4. The lowest BCUT2D eigenvalue weighted by molar-refractivity contribution is -0.135. The van der Waals surface area contributed by atoms with Crippen LogP contribution in [0.1, 0.15) is 12.5 Å². The van der Waals surface area contributed by atoms with Gasteiger partial charge in [-0.2, -0.15) is 0 Å². The molecular weight excluding hydrogens is 238 g/mol. The number of carbonyl (C=O) groups is 1. The first kappa shape index (κ1) is 12.2. The number of benzene rings is 1. The normalized spacial score (nSPS) is 13.5. The van der Waals surface area contributed by atoms with Crippen molar-refractivity contribution in [3.8, 4) is 11.5 Å². The summed E-state index contributed by atoms with van der Waals surface area (Å²) >= 11 is 0. The van der Waals surface area contributed by atoms with E-state index in [0.29, 0.717) is 11.5 Å². The van der Waals surface area contributed by atoms with Gasteiger partial charge in [-0.25, -0.2) is 4.79 Å². The SMILES string of the molecule is CCOC(=O)C(Cc1ccc2c(c1)OCO2)=NO. The van der Waals surface area contributed by atoms with E-state index >= 15 is 0 Å². The Morgan fingerprint density at radius 2 is 2.22 bits per heavy atom. The molecule has 0 saturated carbocycles. The third-order valence-corrected chi connectivity index (χ3v) is 2.44. The van der Waals surface area contributed by atoms with Crippen LogP contribution in [0.25, 0.3) is 0 Å². The number of esters is 1. The summed E-state index contributed by atoms with van der Waals surface area (Å²) in [7, 11) is 0. The third kappa shape index (κ3) is 2.53. The van der Waals surface area contributed by atoms with Crippen LogP contribution in [0.2, 0.25) is 0 Å². The number of rotatable bonds is 4. The van der Waals surface area contributed by atoms with Crippen LogP contribution in [-0.2, 0) is 16.0 Å². The zero-order valence-corrected chi connectivity index (χ0v) is 9.88. The van der Waals surface area contributed by atoms with Crippen molar-refractivity contribution in [2.45, 2.75) is 13.3 Å². The lowest BCUT2D eigenvalue weighted by atomic mass is 10.1. The van der Waals surface area contributed by atoms with Crippen molar-refractivity contribution in [2.75, 3.05) is 13.4 Å². The van der Waals surface area contributed by atoms with Crippen molar-refractivity contribution in [3.05, 3.63) is 23.8 Å². The highest BCUT2D eigenvalue weighted by Crippen LogP contribution is 2.32. The number of ether oxygens (including phenoxy) is 3. The van der Waals surface area contributed by atoms with E-state index in [1.54, 1.807) is 25.1 Å². The molecule has 1 aliphatic rings. The predicted octanol–water partition coefficient (Wildman–Crippen LogP) is 1.35. The Morgan fingerprint density at radius 3 is 2.94 bits per heavy atom. The highest BCUT2D eigenvalue weighted by Gasteiger charge is 2.17. The summed E-state index contributed by atoms with van der Waals surface area (Å²) in [6, 6.07) is 5.27. The van der Waals surface area contributed by atoms with E-state index in [-0.39, 0.29) is 25.5 Å². The quantitative estimate of drug-likeness (QED) is 0.378. The molecule has 2 rings (SSSR count). The van der Waals surface area contributed by atoms with Crippen LogP contribution < -0.4 is 9.47 Å². The molecule has 0 saturated heterocycles. The molecule has 1 heterocycles. The summed E-state index contributed by atoms with van der Waals surface area (Å²) in [4.78, 5) is 11.4. The second-order valence-corrected chi connectivity index (χ2v) is 3.63. The van der Waals surface area contributed by atoms with Gasteiger partial charge in [0, 0.05) is 6.42 Å². The van der Waals surface area contributed by atoms with Gasteiger partial charge in [0.2, 0.25) is 6.79 Å². The van der Waals surface area contributed by atoms with E-state index in [4.69, 9.17) is 19.4 Å². The van der Waals surface area contributed by atoms with Gasteiger partial charge in [-0.05, 0) is 24.6 Å². The van der Waals surface area contributed by atoms with Crippen LogP contribution in [0.4, 0.5) is 0 Å². The van der Waals surface area contributed by atoms with E-state index in [9.17, 15) is 4.79 Å². The molecule has 0 spiro atoms. The first-order valence-electron chi connectivity index (χ1n) is 5.51. The van der Waals surface area contributed by atoms with Gasteiger partial charge in [0.15, 0.2) is 17.2 Å². The highest BCUT2D eigenvalue weighted by molar-refractivity contribution is 6.36. The van der Waals surface area contributed by atoms with Gasteiger partial charge < -0.3 is 19.4 Å². The largest absolute Gasteiger partial charge is 0.461 e. The molecule has 1 N–H and O–H groups in total. The highest BCUT2D eigenvalue weighted by atomic mass is 16.7. The van der Waals surface area contributed by atoms with Crippen molar-refractivity contribution in [2.24, 2.45) is 5.16 Å². The summed E-state index contributed by atoms with van der Waals surface area (Å²) in [5, 5.41) is 11.8. The molecular formula is C12H13NO5. The Labute approximate surface area is 104 Å². The summed E-state index contributed by atoms with van der Waals surface area (Å²) in [5.74, 6) is 0.656. The lowest BCUT2D eigenvalue weighted by Crippen LogP contribution is -2.20. The minimum absolute atomic E-state index is 0.0456. The standard InChI is InChI=1S/C12H13NO5/c1-2-16-12(14)9(13-15)5-8-3-4-10-11(6-8)18-7-17-10/h3-4,6,15H,2,5,7H2,1H3. The molecule has 0 radical (unpaired) electrons. The molecule has 1 aromatic rings. The Morgan fingerprint density at radius 1 is 1.44 bits per heavy atom. The molecule has 0 bridgehead atoms. The average Bonchev–Trinajstić information content (AvgIpc) is 2.83. The maximum absolute atomic E-state index is 11.4. The summed E-state index contributed by atoms with van der Waals surface area (Å²) < 4.78 is 15.2. The average molecular weight is 251 g/mol. The smallest absolute Gasteiger partial charge is 0.356 e. The van der Waals surface area contributed by atoms with Crippen LogP contribution in [0.15, 0.2) is 23.4 Å². The van der Waals surface area contributed by atoms with Gasteiger partial charge in [-0.15, -0.1) is 0 Å². The Hall–Kier alpha value is -2.24. The van der Waals surface area contributed by atoms with Crippen LogP contribution in [0.3, 0.4) is 0 Å². The first-order chi connectivity index (χ1) is 8.74. The van der Waals surface area contributed by atoms with E-state index in [0.717, 1.165) is 5.56 Å². The molecule has 0 aromatic heterocycles. The summed E-state index contributed by atoms with van der Waals surface area (Å²) in [5.41, 5.74) is 0.732. The molecule has 96 valence electrons. The second kappa shape index (κ2) is 5.39. The van der Waals surface area contributed by atoms with Crippen molar-refractivity contribution in [1.82, 2.24) is 0 Å². The summed E-state index contributed by atoms with van der Waals surface area (Å²) in [6.07, 6.45) is 0.173. The number of hydrogen-bond acceptors (Lipinski definition) is 6. The van der Waals surface area contributed by atoms with E-state index in [1.807, 2.05) is 0 Å². The first-order valence-corrected chi connectivity index (χ1v) is 5.51. The van der Waals surface area contributed by atoms with Crippen LogP contribution in [0, 0.1) is 0 Å². The zero-order chi connectivity index (χ0) is 13.0. The van der Waals surface area contributed by atoms with Gasteiger partial charge in [-0.3, -0.25) is 0 Å².